The lowest BCUT2D eigenvalue weighted by molar-refractivity contribution is 0.0277. The SMILES string of the molecule is CN=C(NCCCOC1CCCCC1)NCc1cn2ccsc2n1.I. The number of hydrogen-bond acceptors (Lipinski definition) is 4. The summed E-state index contributed by atoms with van der Waals surface area (Å²) in [5.74, 6) is 0.809. The Morgan fingerprint density at radius 2 is 2.20 bits per heavy atom. The molecule has 3 rings (SSSR count). The van der Waals surface area contributed by atoms with Gasteiger partial charge in [-0.15, -0.1) is 35.3 Å². The standard InChI is InChI=1S/C17H27N5OS.HI/c1-18-16(19-8-5-10-23-15-6-3-2-4-7-15)20-12-14-13-22-9-11-24-17(22)21-14;/h9,11,13,15H,2-8,10,12H2,1H3,(H2,18,19,20);1H. The van der Waals surface area contributed by atoms with Gasteiger partial charge in [-0.2, -0.15) is 0 Å². The molecular weight excluding hydrogens is 449 g/mol. The number of ether oxygens (including phenoxy) is 1. The van der Waals surface area contributed by atoms with E-state index in [1.165, 1.54) is 32.1 Å². The van der Waals surface area contributed by atoms with Crippen LogP contribution in [0.5, 0.6) is 0 Å². The Kier molecular flexibility index (Phi) is 8.97. The van der Waals surface area contributed by atoms with Gasteiger partial charge in [0.2, 0.25) is 0 Å². The van der Waals surface area contributed by atoms with Crippen LogP contribution in [0.15, 0.2) is 22.8 Å². The Labute approximate surface area is 170 Å². The topological polar surface area (TPSA) is 63.0 Å². The van der Waals surface area contributed by atoms with Gasteiger partial charge in [0.1, 0.15) is 0 Å². The largest absolute Gasteiger partial charge is 0.378 e. The van der Waals surface area contributed by atoms with Crippen molar-refractivity contribution in [3.8, 4) is 0 Å². The van der Waals surface area contributed by atoms with E-state index in [0.717, 1.165) is 36.2 Å². The van der Waals surface area contributed by atoms with E-state index in [4.69, 9.17) is 4.74 Å². The predicted octanol–water partition coefficient (Wildman–Crippen LogP) is 3.42. The van der Waals surface area contributed by atoms with Crippen LogP contribution in [0.2, 0.25) is 0 Å². The maximum atomic E-state index is 5.94. The Hall–Kier alpha value is -0.870. The molecular formula is C17H28IN5OS. The zero-order chi connectivity index (χ0) is 16.6. The average molecular weight is 477 g/mol. The fourth-order valence-corrected chi connectivity index (χ4v) is 3.74. The van der Waals surface area contributed by atoms with E-state index in [1.807, 2.05) is 22.2 Å². The van der Waals surface area contributed by atoms with Gasteiger partial charge >= 0.3 is 0 Å². The normalized spacial score (nSPS) is 16.0. The molecule has 6 nitrogen and oxygen atoms in total. The third kappa shape index (κ3) is 6.41. The minimum Gasteiger partial charge on any atom is -0.378 e. The van der Waals surface area contributed by atoms with Crippen molar-refractivity contribution in [3.05, 3.63) is 23.5 Å². The summed E-state index contributed by atoms with van der Waals surface area (Å²) in [7, 11) is 1.79. The third-order valence-corrected chi connectivity index (χ3v) is 5.09. The molecule has 2 aromatic rings. The lowest BCUT2D eigenvalue weighted by atomic mass is 9.98. The number of rotatable bonds is 7. The predicted molar refractivity (Wildman–Crippen MR) is 114 cm³/mol. The number of halogens is 1. The molecule has 2 aromatic heterocycles. The van der Waals surface area contributed by atoms with Gasteiger partial charge in [0.15, 0.2) is 10.9 Å². The van der Waals surface area contributed by atoms with Crippen LogP contribution >= 0.6 is 35.3 Å². The molecule has 0 aromatic carbocycles. The number of nitrogens with zero attached hydrogens (tertiary/aromatic N) is 3. The van der Waals surface area contributed by atoms with E-state index in [1.54, 1.807) is 18.4 Å². The zero-order valence-electron chi connectivity index (χ0n) is 14.7. The van der Waals surface area contributed by atoms with E-state index in [0.29, 0.717) is 12.6 Å². The van der Waals surface area contributed by atoms with Crippen LogP contribution in [0, 0.1) is 0 Å². The molecule has 2 N–H and O–H groups in total. The number of guanidine groups is 1. The van der Waals surface area contributed by atoms with E-state index in [2.05, 4.69) is 20.6 Å². The fourth-order valence-electron chi connectivity index (χ4n) is 3.02. The van der Waals surface area contributed by atoms with Crippen molar-refractivity contribution < 1.29 is 4.74 Å². The molecule has 0 bridgehead atoms. The van der Waals surface area contributed by atoms with Gasteiger partial charge in [-0.25, -0.2) is 4.98 Å². The number of nitrogens with one attached hydrogen (secondary N) is 2. The molecule has 140 valence electrons. The molecule has 0 atom stereocenters. The van der Waals surface area contributed by atoms with Gasteiger partial charge < -0.3 is 15.4 Å². The summed E-state index contributed by atoms with van der Waals surface area (Å²) in [6, 6.07) is 0. The van der Waals surface area contributed by atoms with Crippen molar-refractivity contribution >= 4 is 46.2 Å². The molecule has 25 heavy (non-hydrogen) atoms. The maximum absolute atomic E-state index is 5.94. The number of aromatic nitrogens is 2. The monoisotopic (exact) mass is 477 g/mol. The van der Waals surface area contributed by atoms with Crippen molar-refractivity contribution in [3.63, 3.8) is 0 Å². The van der Waals surface area contributed by atoms with Gasteiger partial charge in [-0.05, 0) is 19.3 Å². The highest BCUT2D eigenvalue weighted by Crippen LogP contribution is 2.20. The van der Waals surface area contributed by atoms with Crippen molar-refractivity contribution in [1.82, 2.24) is 20.0 Å². The number of imidazole rings is 1. The number of aliphatic imine (C=N–C) groups is 1. The van der Waals surface area contributed by atoms with Crippen LogP contribution in [0.3, 0.4) is 0 Å². The number of hydrogen-bond donors (Lipinski definition) is 2. The molecule has 1 aliphatic carbocycles. The van der Waals surface area contributed by atoms with E-state index >= 15 is 0 Å². The molecule has 1 fully saturated rings. The molecule has 8 heteroatoms. The molecule has 0 aliphatic heterocycles. The Morgan fingerprint density at radius 3 is 2.96 bits per heavy atom. The molecule has 1 saturated carbocycles. The smallest absolute Gasteiger partial charge is 0.193 e. The summed E-state index contributed by atoms with van der Waals surface area (Å²) in [5.41, 5.74) is 1.02. The quantitative estimate of drug-likeness (QED) is 0.278. The third-order valence-electron chi connectivity index (χ3n) is 4.32. The van der Waals surface area contributed by atoms with E-state index in [-0.39, 0.29) is 24.0 Å². The highest BCUT2D eigenvalue weighted by Gasteiger charge is 2.13. The first-order valence-corrected chi connectivity index (χ1v) is 9.70. The first kappa shape index (κ1) is 20.4. The van der Waals surface area contributed by atoms with E-state index < -0.39 is 0 Å². The summed E-state index contributed by atoms with van der Waals surface area (Å²) in [6.45, 7) is 2.36. The molecule has 1 aliphatic rings. The summed E-state index contributed by atoms with van der Waals surface area (Å²) >= 11 is 1.64. The molecule has 0 radical (unpaired) electrons. The minimum atomic E-state index is 0. The van der Waals surface area contributed by atoms with Crippen LogP contribution < -0.4 is 10.6 Å². The number of thiazole rings is 1. The molecule has 0 amide bonds. The Balaban J connectivity index is 0.00000225. The van der Waals surface area contributed by atoms with Crippen LogP contribution in [-0.2, 0) is 11.3 Å². The van der Waals surface area contributed by atoms with E-state index in [9.17, 15) is 0 Å². The first-order valence-electron chi connectivity index (χ1n) is 8.82. The molecule has 0 spiro atoms. The van der Waals surface area contributed by atoms with Crippen LogP contribution in [0.1, 0.15) is 44.2 Å². The number of fused-ring (bicyclic) bond motifs is 1. The molecule has 0 saturated heterocycles. The Morgan fingerprint density at radius 1 is 1.36 bits per heavy atom. The average Bonchev–Trinajstić information content (AvgIpc) is 3.20. The lowest BCUT2D eigenvalue weighted by Crippen LogP contribution is -2.37. The summed E-state index contributed by atoms with van der Waals surface area (Å²) in [6.07, 6.45) is 12.1. The van der Waals surface area contributed by atoms with Crippen LogP contribution in [0.25, 0.3) is 4.96 Å². The highest BCUT2D eigenvalue weighted by molar-refractivity contribution is 14.0. The minimum absolute atomic E-state index is 0. The maximum Gasteiger partial charge on any atom is 0.193 e. The Bertz CT molecular complexity index is 622. The van der Waals surface area contributed by atoms with Gasteiger partial charge in [-0.3, -0.25) is 9.39 Å². The van der Waals surface area contributed by atoms with Crippen molar-refractivity contribution in [2.75, 3.05) is 20.2 Å². The second-order valence-electron chi connectivity index (χ2n) is 6.16. The van der Waals surface area contributed by atoms with Crippen molar-refractivity contribution in [2.45, 2.75) is 51.2 Å². The zero-order valence-corrected chi connectivity index (χ0v) is 17.9. The van der Waals surface area contributed by atoms with Gasteiger partial charge in [0, 0.05) is 38.0 Å². The van der Waals surface area contributed by atoms with Crippen LogP contribution in [0.4, 0.5) is 0 Å². The van der Waals surface area contributed by atoms with Gasteiger partial charge in [0.25, 0.3) is 0 Å². The van der Waals surface area contributed by atoms with Gasteiger partial charge in [0.05, 0.1) is 18.3 Å². The first-order chi connectivity index (χ1) is 11.8. The second-order valence-corrected chi connectivity index (χ2v) is 7.04. The summed E-state index contributed by atoms with van der Waals surface area (Å²) in [5, 5.41) is 8.67. The highest BCUT2D eigenvalue weighted by atomic mass is 127. The summed E-state index contributed by atoms with van der Waals surface area (Å²) in [4.78, 5) is 9.83. The fraction of sp³-hybridized carbons (Fsp3) is 0.647. The van der Waals surface area contributed by atoms with Crippen LogP contribution in [-0.4, -0.2) is 41.6 Å². The molecule has 0 unspecified atom stereocenters. The van der Waals surface area contributed by atoms with Gasteiger partial charge in [-0.1, -0.05) is 19.3 Å². The lowest BCUT2D eigenvalue weighted by Gasteiger charge is -2.22. The molecule has 2 heterocycles. The van der Waals surface area contributed by atoms with Crippen molar-refractivity contribution in [1.29, 1.82) is 0 Å². The van der Waals surface area contributed by atoms with Crippen molar-refractivity contribution in [2.24, 2.45) is 4.99 Å². The summed E-state index contributed by atoms with van der Waals surface area (Å²) < 4.78 is 7.98. The second kappa shape index (κ2) is 11.0.